The Bertz CT molecular complexity index is 787. The van der Waals surface area contributed by atoms with Crippen molar-refractivity contribution in [1.29, 1.82) is 0 Å². The highest BCUT2D eigenvalue weighted by atomic mass is 16.5. The van der Waals surface area contributed by atoms with E-state index in [1.807, 2.05) is 6.92 Å². The number of pyridine rings is 1. The number of aromatic nitrogens is 4. The molecule has 2 atom stereocenters. The van der Waals surface area contributed by atoms with Crippen LogP contribution in [0.2, 0.25) is 0 Å². The van der Waals surface area contributed by atoms with Crippen LogP contribution >= 0.6 is 0 Å². The number of carbonyl (C=O) groups excluding carboxylic acids is 1. The number of likely N-dealkylation sites (tertiary alicyclic amines) is 1. The summed E-state index contributed by atoms with van der Waals surface area (Å²) in [4.78, 5) is 23.6. The number of methoxy groups -OCH3 is 1. The third-order valence-electron chi connectivity index (χ3n) is 5.02. The number of nitrogens with zero attached hydrogens (tertiary/aromatic N) is 4. The second-order valence-electron chi connectivity index (χ2n) is 7.45. The molecule has 0 aromatic carbocycles. The zero-order valence-electron chi connectivity index (χ0n) is 15.9. The molecule has 140 valence electrons. The monoisotopic (exact) mass is 358 g/mol. The van der Waals surface area contributed by atoms with Gasteiger partial charge in [0.25, 0.3) is 5.91 Å². The Morgan fingerprint density at radius 1 is 1.50 bits per heavy atom. The Morgan fingerprint density at radius 3 is 2.92 bits per heavy atom. The maximum absolute atomic E-state index is 12.7. The molecule has 2 N–H and O–H groups in total. The molecule has 1 aliphatic rings. The van der Waals surface area contributed by atoms with Crippen molar-refractivity contribution < 1.29 is 9.53 Å². The summed E-state index contributed by atoms with van der Waals surface area (Å²) in [7, 11) is 1.54. The fourth-order valence-electron chi connectivity index (χ4n) is 3.38. The number of aryl methyl sites for hydroxylation is 1. The van der Waals surface area contributed by atoms with Crippen molar-refractivity contribution >= 4 is 5.91 Å². The third kappa shape index (κ3) is 3.55. The maximum atomic E-state index is 12.7. The summed E-state index contributed by atoms with van der Waals surface area (Å²) in [6.07, 6.45) is 1.59. The van der Waals surface area contributed by atoms with Gasteiger partial charge in [-0.1, -0.05) is 13.8 Å². The van der Waals surface area contributed by atoms with Gasteiger partial charge in [-0.05, 0) is 31.4 Å². The average Bonchev–Trinajstić information content (AvgIpc) is 3.17. The lowest BCUT2D eigenvalue weighted by atomic mass is 9.87. The topological polar surface area (TPSA) is 96.0 Å². The van der Waals surface area contributed by atoms with Crippen LogP contribution in [0.15, 0.2) is 18.3 Å². The molecule has 1 saturated heterocycles. The molecule has 0 bridgehead atoms. The smallest absolute Gasteiger partial charge is 0.274 e. The van der Waals surface area contributed by atoms with E-state index in [-0.39, 0.29) is 23.4 Å². The van der Waals surface area contributed by atoms with Crippen molar-refractivity contribution in [2.75, 3.05) is 20.2 Å². The van der Waals surface area contributed by atoms with Gasteiger partial charge in [0.15, 0.2) is 11.5 Å². The summed E-state index contributed by atoms with van der Waals surface area (Å²) in [6, 6.07) is 3.55. The maximum Gasteiger partial charge on any atom is 0.274 e. The molecule has 0 saturated carbocycles. The van der Waals surface area contributed by atoms with Gasteiger partial charge in [0.1, 0.15) is 11.6 Å². The molecule has 2 aromatic rings. The van der Waals surface area contributed by atoms with Crippen molar-refractivity contribution in [1.82, 2.24) is 30.4 Å². The molecular weight excluding hydrogens is 332 g/mol. The molecule has 1 fully saturated rings. The summed E-state index contributed by atoms with van der Waals surface area (Å²) in [5.41, 5.74) is 0.221. The first kappa shape index (κ1) is 18.3. The highest BCUT2D eigenvalue weighted by molar-refractivity contribution is 5.95. The van der Waals surface area contributed by atoms with Crippen LogP contribution in [0.4, 0.5) is 0 Å². The van der Waals surface area contributed by atoms with Gasteiger partial charge in [0, 0.05) is 25.3 Å². The van der Waals surface area contributed by atoms with Gasteiger partial charge in [-0.15, -0.1) is 0 Å². The van der Waals surface area contributed by atoms with Gasteiger partial charge >= 0.3 is 0 Å². The molecule has 2 aromatic heterocycles. The summed E-state index contributed by atoms with van der Waals surface area (Å²) in [5, 5.41) is 10.3. The fraction of sp³-hybridized carbons (Fsp3) is 0.556. The minimum Gasteiger partial charge on any atom is -0.494 e. The second-order valence-corrected chi connectivity index (χ2v) is 7.45. The summed E-state index contributed by atoms with van der Waals surface area (Å²) in [6.45, 7) is 9.85. The molecule has 0 radical (unpaired) electrons. The Balaban J connectivity index is 1.73. The zero-order chi connectivity index (χ0) is 18.9. The molecule has 0 spiro atoms. The van der Waals surface area contributed by atoms with Crippen molar-refractivity contribution in [3.8, 4) is 5.75 Å². The molecular formula is C18H26N6O2. The molecule has 0 aliphatic carbocycles. The number of carbonyl (C=O) groups is 1. The fourth-order valence-corrected chi connectivity index (χ4v) is 3.38. The Kier molecular flexibility index (Phi) is 4.95. The number of amides is 1. The van der Waals surface area contributed by atoms with Crippen molar-refractivity contribution in [3.05, 3.63) is 35.7 Å². The van der Waals surface area contributed by atoms with E-state index in [4.69, 9.17) is 4.74 Å². The number of aromatic amines is 1. The van der Waals surface area contributed by atoms with Crippen LogP contribution in [0.3, 0.4) is 0 Å². The Morgan fingerprint density at radius 2 is 2.27 bits per heavy atom. The van der Waals surface area contributed by atoms with Crippen LogP contribution in [0, 0.1) is 12.3 Å². The molecule has 1 amide bonds. The van der Waals surface area contributed by atoms with Crippen LogP contribution < -0.4 is 10.1 Å². The van der Waals surface area contributed by atoms with Crippen LogP contribution in [-0.4, -0.2) is 57.2 Å². The van der Waals surface area contributed by atoms with E-state index in [1.54, 1.807) is 18.3 Å². The Labute approximate surface area is 153 Å². The van der Waals surface area contributed by atoms with E-state index in [9.17, 15) is 4.79 Å². The number of nitrogens with one attached hydrogen (secondary N) is 2. The van der Waals surface area contributed by atoms with Crippen LogP contribution in [0.25, 0.3) is 0 Å². The molecule has 8 nitrogen and oxygen atoms in total. The third-order valence-corrected chi connectivity index (χ3v) is 5.02. The van der Waals surface area contributed by atoms with Gasteiger partial charge in [-0.2, -0.15) is 5.10 Å². The highest BCUT2D eigenvalue weighted by Crippen LogP contribution is 2.34. The number of ether oxygens (including phenoxy) is 1. The molecule has 8 heteroatoms. The first-order valence-electron chi connectivity index (χ1n) is 8.74. The molecule has 3 rings (SSSR count). The van der Waals surface area contributed by atoms with E-state index < -0.39 is 0 Å². The summed E-state index contributed by atoms with van der Waals surface area (Å²) >= 11 is 0. The van der Waals surface area contributed by atoms with E-state index in [0.29, 0.717) is 11.4 Å². The summed E-state index contributed by atoms with van der Waals surface area (Å²) < 4.78 is 5.25. The molecule has 26 heavy (non-hydrogen) atoms. The van der Waals surface area contributed by atoms with E-state index >= 15 is 0 Å². The first-order chi connectivity index (χ1) is 12.3. The average molecular weight is 358 g/mol. The number of H-pyrrole nitrogens is 1. The lowest BCUT2D eigenvalue weighted by Gasteiger charge is -2.26. The quantitative estimate of drug-likeness (QED) is 0.845. The zero-order valence-corrected chi connectivity index (χ0v) is 15.9. The van der Waals surface area contributed by atoms with Crippen LogP contribution in [-0.2, 0) is 0 Å². The minimum atomic E-state index is -0.219. The number of hydrogen-bond acceptors (Lipinski definition) is 6. The SMILES string of the molecule is COc1cccnc1C(=O)NC1CN(C(C)c2n[nH]c(C)n2)CC1(C)C. The molecule has 1 aliphatic heterocycles. The van der Waals surface area contributed by atoms with Crippen molar-refractivity contribution in [2.45, 2.75) is 39.8 Å². The van der Waals surface area contributed by atoms with Gasteiger partial charge in [0.05, 0.1) is 13.2 Å². The lowest BCUT2D eigenvalue weighted by Crippen LogP contribution is -2.44. The predicted molar refractivity (Wildman–Crippen MR) is 96.9 cm³/mol. The van der Waals surface area contributed by atoms with Crippen molar-refractivity contribution in [2.24, 2.45) is 5.41 Å². The number of rotatable bonds is 5. The van der Waals surface area contributed by atoms with Gasteiger partial charge in [-0.3, -0.25) is 14.8 Å². The van der Waals surface area contributed by atoms with E-state index in [1.165, 1.54) is 7.11 Å². The highest BCUT2D eigenvalue weighted by Gasteiger charge is 2.42. The van der Waals surface area contributed by atoms with Crippen LogP contribution in [0.5, 0.6) is 5.75 Å². The summed E-state index contributed by atoms with van der Waals surface area (Å²) in [5.74, 6) is 1.83. The second kappa shape index (κ2) is 7.03. The first-order valence-corrected chi connectivity index (χ1v) is 8.74. The van der Waals surface area contributed by atoms with E-state index in [2.05, 4.69) is 51.2 Å². The van der Waals surface area contributed by atoms with Gasteiger partial charge < -0.3 is 10.1 Å². The largest absolute Gasteiger partial charge is 0.494 e. The lowest BCUT2D eigenvalue weighted by molar-refractivity contribution is 0.0907. The standard InChI is InChI=1S/C18H26N6O2/c1-11(16-20-12(2)22-23-16)24-9-14(18(3,4)10-24)21-17(25)15-13(26-5)7-6-8-19-15/h6-8,11,14H,9-10H2,1-5H3,(H,21,25)(H,20,22,23). The van der Waals surface area contributed by atoms with E-state index in [0.717, 1.165) is 24.7 Å². The molecule has 3 heterocycles. The van der Waals surface area contributed by atoms with Gasteiger partial charge in [-0.25, -0.2) is 9.97 Å². The van der Waals surface area contributed by atoms with Crippen molar-refractivity contribution in [3.63, 3.8) is 0 Å². The van der Waals surface area contributed by atoms with Gasteiger partial charge in [0.2, 0.25) is 0 Å². The minimum absolute atomic E-state index is 0.01000. The molecule has 2 unspecified atom stereocenters. The normalized spacial score (nSPS) is 20.7. The number of hydrogen-bond donors (Lipinski definition) is 2. The van der Waals surface area contributed by atoms with Crippen LogP contribution in [0.1, 0.15) is 49.0 Å². The predicted octanol–water partition coefficient (Wildman–Crippen LogP) is 1.72. The Hall–Kier alpha value is -2.48.